The molecule has 0 unspecified atom stereocenters. The molecule has 1 aliphatic carbocycles. The normalized spacial score (nSPS) is 14.9. The summed E-state index contributed by atoms with van der Waals surface area (Å²) in [5, 5.41) is 19.6. The Bertz CT molecular complexity index is 1490. The van der Waals surface area contributed by atoms with Gasteiger partial charge in [-0.2, -0.15) is 12.7 Å². The number of anilines is 1. The van der Waals surface area contributed by atoms with Gasteiger partial charge < -0.3 is 10.1 Å². The smallest absolute Gasteiger partial charge is 0.443 e. The van der Waals surface area contributed by atoms with Crippen LogP contribution >= 0.6 is 15.9 Å². The molecular weight excluding hydrogens is 581 g/mol. The number of benzene rings is 1. The van der Waals surface area contributed by atoms with Crippen molar-refractivity contribution in [2.45, 2.75) is 39.2 Å². The van der Waals surface area contributed by atoms with Crippen molar-refractivity contribution in [1.82, 2.24) is 24.3 Å². The monoisotopic (exact) mass is 603 g/mol. The molecule has 2 heterocycles. The van der Waals surface area contributed by atoms with Crippen molar-refractivity contribution in [2.24, 2.45) is 10.6 Å². The van der Waals surface area contributed by atoms with Crippen LogP contribution in [0.5, 0.6) is 0 Å². The predicted molar refractivity (Wildman–Crippen MR) is 129 cm³/mol. The van der Waals surface area contributed by atoms with Gasteiger partial charge in [-0.05, 0) is 78.1 Å². The first-order chi connectivity index (χ1) is 17.2. The Morgan fingerprint density at radius 3 is 2.62 bits per heavy atom. The van der Waals surface area contributed by atoms with Crippen molar-refractivity contribution < 1.29 is 31.5 Å². The summed E-state index contributed by atoms with van der Waals surface area (Å²) in [7, 11) is -4.40. The standard InChI is InChI=1S/C20H23BrFN7O7S/c1-19(2,3)34-17(30)28(37(23,32)33)10-20(6-7-20)9-24-15-14(25-36-26-15)16-27-35-18(31)29(16)11-4-5-13(22)12(21)8-11/h4-5,8H,6-7,9-10H2,1-3H3,(H,24,26)(H2,23,32,33). The molecular formula is C20H23BrFN7O7S. The number of carbonyl (C=O) groups excluding carboxylic acids is 1. The number of rotatable bonds is 8. The van der Waals surface area contributed by atoms with Gasteiger partial charge in [0, 0.05) is 18.5 Å². The third kappa shape index (κ3) is 5.99. The van der Waals surface area contributed by atoms with E-state index >= 15 is 0 Å². The number of amides is 1. The molecule has 37 heavy (non-hydrogen) atoms. The average molecular weight is 604 g/mol. The van der Waals surface area contributed by atoms with Gasteiger partial charge in [-0.15, -0.1) is 0 Å². The number of halogens is 2. The van der Waals surface area contributed by atoms with E-state index in [-0.39, 0.29) is 40.6 Å². The first-order valence-electron chi connectivity index (χ1n) is 10.8. The van der Waals surface area contributed by atoms with Gasteiger partial charge in [0.15, 0.2) is 5.69 Å². The number of hydrogen-bond acceptors (Lipinski definition) is 11. The fraction of sp³-hybridized carbons (Fsp3) is 0.450. The topological polar surface area (TPSA) is 189 Å². The van der Waals surface area contributed by atoms with E-state index < -0.39 is 38.9 Å². The van der Waals surface area contributed by atoms with Crippen LogP contribution in [0.4, 0.5) is 15.0 Å². The molecule has 0 aliphatic heterocycles. The molecule has 200 valence electrons. The van der Waals surface area contributed by atoms with Crippen molar-refractivity contribution in [2.75, 3.05) is 18.4 Å². The Labute approximate surface area is 218 Å². The number of nitrogens with one attached hydrogen (secondary N) is 1. The zero-order valence-electron chi connectivity index (χ0n) is 19.9. The van der Waals surface area contributed by atoms with Crippen LogP contribution in [-0.4, -0.2) is 57.5 Å². The molecule has 1 saturated carbocycles. The van der Waals surface area contributed by atoms with Crippen LogP contribution in [-0.2, 0) is 14.9 Å². The first kappa shape index (κ1) is 26.7. The summed E-state index contributed by atoms with van der Waals surface area (Å²) < 4.78 is 54.4. The second kappa shape index (κ2) is 9.53. The minimum Gasteiger partial charge on any atom is -0.443 e. The van der Waals surface area contributed by atoms with Crippen molar-refractivity contribution >= 4 is 38.1 Å². The number of ether oxygens (including phenoxy) is 1. The molecule has 4 rings (SSSR count). The molecule has 0 saturated heterocycles. The lowest BCUT2D eigenvalue weighted by Gasteiger charge is -2.28. The van der Waals surface area contributed by atoms with E-state index in [1.807, 2.05) is 0 Å². The maximum atomic E-state index is 13.7. The molecule has 1 aromatic carbocycles. The van der Waals surface area contributed by atoms with E-state index in [9.17, 15) is 22.4 Å². The Morgan fingerprint density at radius 2 is 2.03 bits per heavy atom. The Hall–Kier alpha value is -3.31. The van der Waals surface area contributed by atoms with Gasteiger partial charge in [0.2, 0.25) is 11.6 Å². The van der Waals surface area contributed by atoms with Gasteiger partial charge in [0.25, 0.3) is 0 Å². The SMILES string of the molecule is CC(C)(C)OC(=O)N(CC1(CNc2nonc2-c2noc(=O)n2-c2ccc(F)c(Br)c2)CC1)S(N)(=O)=O. The predicted octanol–water partition coefficient (Wildman–Crippen LogP) is 2.41. The molecule has 0 bridgehead atoms. The van der Waals surface area contributed by atoms with Gasteiger partial charge in [0.1, 0.15) is 11.4 Å². The molecule has 0 radical (unpaired) electrons. The fourth-order valence-corrected chi connectivity index (χ4v) is 4.48. The van der Waals surface area contributed by atoms with Gasteiger partial charge in [0.05, 0.1) is 10.2 Å². The lowest BCUT2D eigenvalue weighted by molar-refractivity contribution is 0.0369. The van der Waals surface area contributed by atoms with Gasteiger partial charge in [-0.1, -0.05) is 5.16 Å². The molecule has 3 aromatic rings. The maximum Gasteiger partial charge on any atom is 0.446 e. The highest BCUT2D eigenvalue weighted by atomic mass is 79.9. The summed E-state index contributed by atoms with van der Waals surface area (Å²) in [6, 6.07) is 3.86. The number of nitrogens with zero attached hydrogens (tertiary/aromatic N) is 5. The van der Waals surface area contributed by atoms with Crippen LogP contribution < -0.4 is 16.2 Å². The number of carbonyl (C=O) groups is 1. The number of aromatic nitrogens is 4. The van der Waals surface area contributed by atoms with Crippen LogP contribution in [0.15, 0.2) is 36.6 Å². The minimum atomic E-state index is -4.40. The maximum absolute atomic E-state index is 13.7. The Kier molecular flexibility index (Phi) is 6.89. The number of hydrogen-bond donors (Lipinski definition) is 2. The molecule has 14 nitrogen and oxygen atoms in total. The quantitative estimate of drug-likeness (QED) is 0.384. The second-order valence-corrected chi connectivity index (χ2v) is 11.9. The molecule has 0 spiro atoms. The summed E-state index contributed by atoms with van der Waals surface area (Å²) in [5.41, 5.74) is -1.34. The fourth-order valence-electron chi connectivity index (χ4n) is 3.42. The van der Waals surface area contributed by atoms with Crippen LogP contribution in [0.25, 0.3) is 17.2 Å². The van der Waals surface area contributed by atoms with Crippen molar-refractivity contribution in [3.05, 3.63) is 39.0 Å². The largest absolute Gasteiger partial charge is 0.446 e. The molecule has 3 N–H and O–H groups in total. The van der Waals surface area contributed by atoms with E-state index in [2.05, 4.69) is 36.7 Å². The lowest BCUT2D eigenvalue weighted by Crippen LogP contribution is -2.47. The highest BCUT2D eigenvalue weighted by molar-refractivity contribution is 9.10. The van der Waals surface area contributed by atoms with Gasteiger partial charge in [-0.3, -0.25) is 4.52 Å². The summed E-state index contributed by atoms with van der Waals surface area (Å²) in [6.07, 6.45) is 0.0728. The summed E-state index contributed by atoms with van der Waals surface area (Å²) in [5.74, 6) is -1.39. The lowest BCUT2D eigenvalue weighted by atomic mass is 10.1. The van der Waals surface area contributed by atoms with Crippen LogP contribution in [0.1, 0.15) is 33.6 Å². The highest BCUT2D eigenvalue weighted by Crippen LogP contribution is 2.47. The van der Waals surface area contributed by atoms with Crippen molar-refractivity contribution in [3.63, 3.8) is 0 Å². The molecule has 0 atom stereocenters. The zero-order chi connectivity index (χ0) is 27.2. The van der Waals surface area contributed by atoms with E-state index in [1.165, 1.54) is 12.1 Å². The Balaban J connectivity index is 1.55. The van der Waals surface area contributed by atoms with Crippen LogP contribution in [0.3, 0.4) is 0 Å². The first-order valence-corrected chi connectivity index (χ1v) is 13.1. The van der Waals surface area contributed by atoms with Gasteiger partial charge in [-0.25, -0.2) is 28.3 Å². The van der Waals surface area contributed by atoms with E-state index in [0.717, 1.165) is 10.6 Å². The van der Waals surface area contributed by atoms with Crippen molar-refractivity contribution in [3.8, 4) is 17.2 Å². The minimum absolute atomic E-state index is 0.0116. The molecule has 1 aliphatic rings. The van der Waals surface area contributed by atoms with Crippen molar-refractivity contribution in [1.29, 1.82) is 0 Å². The molecule has 1 fully saturated rings. The highest BCUT2D eigenvalue weighted by Gasteiger charge is 2.48. The van der Waals surface area contributed by atoms with E-state index in [0.29, 0.717) is 17.1 Å². The molecule has 17 heteroatoms. The second-order valence-electron chi connectivity index (χ2n) is 9.55. The molecule has 1 amide bonds. The summed E-state index contributed by atoms with van der Waals surface area (Å²) in [6.45, 7) is 4.73. The third-order valence-corrected chi connectivity index (χ3v) is 6.94. The third-order valence-electron chi connectivity index (χ3n) is 5.44. The molecule has 2 aromatic heterocycles. The average Bonchev–Trinajstić information content (AvgIpc) is 3.20. The van der Waals surface area contributed by atoms with E-state index in [1.54, 1.807) is 20.8 Å². The van der Waals surface area contributed by atoms with E-state index in [4.69, 9.17) is 19.0 Å². The summed E-state index contributed by atoms with van der Waals surface area (Å²) in [4.78, 5) is 24.9. The van der Waals surface area contributed by atoms with Gasteiger partial charge >= 0.3 is 22.1 Å². The zero-order valence-corrected chi connectivity index (χ0v) is 22.3. The van der Waals surface area contributed by atoms with Crippen LogP contribution in [0.2, 0.25) is 0 Å². The number of nitrogens with two attached hydrogens (primary N) is 1. The summed E-state index contributed by atoms with van der Waals surface area (Å²) >= 11 is 3.07. The van der Waals surface area contributed by atoms with Crippen LogP contribution in [0, 0.1) is 11.2 Å². The Morgan fingerprint density at radius 1 is 1.32 bits per heavy atom.